The molecular formula is C29H30FN3O3. The van der Waals surface area contributed by atoms with E-state index >= 15 is 0 Å². The molecule has 1 aromatic heterocycles. The van der Waals surface area contributed by atoms with Crippen LogP contribution in [0.1, 0.15) is 28.8 Å². The Morgan fingerprint density at radius 1 is 0.972 bits per heavy atom. The number of benzene rings is 3. The minimum absolute atomic E-state index is 0.0472. The quantitative estimate of drug-likeness (QED) is 0.350. The molecule has 0 bridgehead atoms. The number of ketones is 1. The molecule has 3 aromatic carbocycles. The minimum Gasteiger partial charge on any atom is -0.497 e. The van der Waals surface area contributed by atoms with E-state index in [-0.39, 0.29) is 23.2 Å². The third-order valence-electron chi connectivity index (χ3n) is 7.21. The molecule has 0 saturated carbocycles. The van der Waals surface area contributed by atoms with Gasteiger partial charge in [0, 0.05) is 24.6 Å². The highest BCUT2D eigenvalue weighted by Crippen LogP contribution is 2.24. The zero-order valence-corrected chi connectivity index (χ0v) is 20.6. The topological polar surface area (TPSA) is 56.5 Å². The van der Waals surface area contributed by atoms with Crippen LogP contribution in [0, 0.1) is 18.7 Å². The van der Waals surface area contributed by atoms with Crippen molar-refractivity contribution in [2.24, 2.45) is 5.92 Å². The predicted octanol–water partition coefficient (Wildman–Crippen LogP) is 4.84. The Bertz CT molecular complexity index is 1430. The molecule has 0 atom stereocenters. The summed E-state index contributed by atoms with van der Waals surface area (Å²) in [5.41, 5.74) is 4.18. The molecule has 186 valence electrons. The number of carbonyl (C=O) groups is 1. The lowest BCUT2D eigenvalue weighted by molar-refractivity contribution is 0.0837. The number of methoxy groups -OCH3 is 1. The Kier molecular flexibility index (Phi) is 6.74. The first-order valence-electron chi connectivity index (χ1n) is 12.3. The van der Waals surface area contributed by atoms with E-state index in [2.05, 4.69) is 4.90 Å². The van der Waals surface area contributed by atoms with Crippen LogP contribution in [0.25, 0.3) is 16.7 Å². The van der Waals surface area contributed by atoms with Gasteiger partial charge in [0.15, 0.2) is 5.78 Å². The molecule has 1 saturated heterocycles. The maximum absolute atomic E-state index is 13.6. The molecule has 0 aliphatic carbocycles. The molecule has 36 heavy (non-hydrogen) atoms. The number of para-hydroxylation sites is 1. The number of hydrogen-bond acceptors (Lipinski definition) is 4. The van der Waals surface area contributed by atoms with Crippen LogP contribution in [-0.4, -0.2) is 46.6 Å². The number of nitrogens with zero attached hydrogens (tertiary/aromatic N) is 3. The maximum atomic E-state index is 13.6. The monoisotopic (exact) mass is 487 g/mol. The molecule has 1 fully saturated rings. The fourth-order valence-corrected chi connectivity index (χ4v) is 5.17. The van der Waals surface area contributed by atoms with Gasteiger partial charge in [0.25, 0.3) is 0 Å². The van der Waals surface area contributed by atoms with Crippen molar-refractivity contribution in [3.05, 3.63) is 94.2 Å². The summed E-state index contributed by atoms with van der Waals surface area (Å²) in [6, 6.07) is 19.3. The molecule has 0 radical (unpaired) electrons. The molecule has 6 nitrogen and oxygen atoms in total. The Labute approximate surface area is 209 Å². The SMILES string of the molecule is COc1ccc(-n2c(=O)n(CCN3CCC(C(=O)c4ccc(F)cc4)CC3)c3cccc(C)c32)cc1. The number of aromatic nitrogens is 2. The number of aryl methyl sites for hydroxylation is 1. The Morgan fingerprint density at radius 2 is 1.67 bits per heavy atom. The first-order valence-corrected chi connectivity index (χ1v) is 12.3. The highest BCUT2D eigenvalue weighted by atomic mass is 19.1. The van der Waals surface area contributed by atoms with Gasteiger partial charge in [0.2, 0.25) is 0 Å². The number of carbonyl (C=O) groups excluding carboxylic acids is 1. The van der Waals surface area contributed by atoms with E-state index in [0.717, 1.165) is 60.5 Å². The molecule has 7 heteroatoms. The number of fused-ring (bicyclic) bond motifs is 1. The third kappa shape index (κ3) is 4.58. The maximum Gasteiger partial charge on any atom is 0.333 e. The number of ether oxygens (including phenoxy) is 1. The minimum atomic E-state index is -0.333. The first kappa shape index (κ1) is 24.0. The van der Waals surface area contributed by atoms with E-state index in [9.17, 15) is 14.0 Å². The van der Waals surface area contributed by atoms with Gasteiger partial charge in [-0.2, -0.15) is 0 Å². The third-order valence-corrected chi connectivity index (χ3v) is 7.21. The molecule has 0 amide bonds. The lowest BCUT2D eigenvalue weighted by Crippen LogP contribution is -2.39. The summed E-state index contributed by atoms with van der Waals surface area (Å²) in [5, 5.41) is 0. The van der Waals surface area contributed by atoms with Gasteiger partial charge < -0.3 is 9.64 Å². The predicted molar refractivity (Wildman–Crippen MR) is 139 cm³/mol. The number of likely N-dealkylation sites (tertiary alicyclic amines) is 1. The van der Waals surface area contributed by atoms with Gasteiger partial charge in [-0.05, 0) is 93.0 Å². The molecule has 2 heterocycles. The normalized spacial score (nSPS) is 14.9. The Hall–Kier alpha value is -3.71. The van der Waals surface area contributed by atoms with Crippen LogP contribution in [0.3, 0.4) is 0 Å². The second-order valence-electron chi connectivity index (χ2n) is 9.40. The molecule has 0 spiro atoms. The zero-order valence-electron chi connectivity index (χ0n) is 20.6. The van der Waals surface area contributed by atoms with Crippen LogP contribution < -0.4 is 10.4 Å². The summed E-state index contributed by atoms with van der Waals surface area (Å²) >= 11 is 0. The largest absolute Gasteiger partial charge is 0.497 e. The highest BCUT2D eigenvalue weighted by molar-refractivity contribution is 5.97. The number of piperidine rings is 1. The van der Waals surface area contributed by atoms with Crippen molar-refractivity contribution in [3.8, 4) is 11.4 Å². The summed E-state index contributed by atoms with van der Waals surface area (Å²) in [7, 11) is 1.62. The van der Waals surface area contributed by atoms with E-state index in [0.29, 0.717) is 12.1 Å². The van der Waals surface area contributed by atoms with E-state index in [1.807, 2.05) is 54.0 Å². The fourth-order valence-electron chi connectivity index (χ4n) is 5.17. The van der Waals surface area contributed by atoms with E-state index in [1.54, 1.807) is 23.8 Å². The smallest absolute Gasteiger partial charge is 0.333 e. The summed E-state index contributed by atoms with van der Waals surface area (Å²) < 4.78 is 22.1. The van der Waals surface area contributed by atoms with Gasteiger partial charge >= 0.3 is 5.69 Å². The molecule has 1 aliphatic heterocycles. The van der Waals surface area contributed by atoms with Crippen LogP contribution in [0.15, 0.2) is 71.5 Å². The lowest BCUT2D eigenvalue weighted by atomic mass is 9.89. The van der Waals surface area contributed by atoms with Gasteiger partial charge in [-0.1, -0.05) is 12.1 Å². The fraction of sp³-hybridized carbons (Fsp3) is 0.310. The van der Waals surface area contributed by atoms with Crippen LogP contribution in [0.4, 0.5) is 4.39 Å². The van der Waals surface area contributed by atoms with Crippen molar-refractivity contribution in [3.63, 3.8) is 0 Å². The number of halogens is 1. The molecule has 5 rings (SSSR count). The summed E-state index contributed by atoms with van der Waals surface area (Å²) in [5.74, 6) is 0.451. The van der Waals surface area contributed by atoms with Crippen LogP contribution in [0.5, 0.6) is 5.75 Å². The van der Waals surface area contributed by atoms with Crippen LogP contribution in [0.2, 0.25) is 0 Å². The van der Waals surface area contributed by atoms with Gasteiger partial charge in [-0.25, -0.2) is 9.18 Å². The summed E-state index contributed by atoms with van der Waals surface area (Å²) in [6.45, 7) is 4.91. The standard InChI is InChI=1S/C29H30FN3O3/c1-20-4-3-5-26-27(20)33(24-10-12-25(36-2)13-11-24)29(35)32(26)19-18-31-16-14-22(15-17-31)28(34)21-6-8-23(30)9-7-21/h3-13,22H,14-19H2,1-2H3. The number of Topliss-reactive ketones (excluding diaryl/α,β-unsaturated/α-hetero) is 1. The van der Waals surface area contributed by atoms with Crippen molar-refractivity contribution in [1.82, 2.24) is 14.0 Å². The summed E-state index contributed by atoms with van der Waals surface area (Å²) in [4.78, 5) is 28.7. The van der Waals surface area contributed by atoms with Gasteiger partial charge in [-0.15, -0.1) is 0 Å². The average molecular weight is 488 g/mol. The van der Waals surface area contributed by atoms with Crippen LogP contribution >= 0.6 is 0 Å². The van der Waals surface area contributed by atoms with Crippen molar-refractivity contribution in [2.75, 3.05) is 26.7 Å². The van der Waals surface area contributed by atoms with Crippen LogP contribution in [-0.2, 0) is 6.54 Å². The number of imidazole rings is 1. The van der Waals surface area contributed by atoms with Crippen molar-refractivity contribution >= 4 is 16.8 Å². The molecule has 0 N–H and O–H groups in total. The molecular weight excluding hydrogens is 457 g/mol. The second-order valence-corrected chi connectivity index (χ2v) is 9.40. The van der Waals surface area contributed by atoms with Crippen molar-refractivity contribution in [2.45, 2.75) is 26.3 Å². The first-order chi connectivity index (χ1) is 17.5. The van der Waals surface area contributed by atoms with Crippen molar-refractivity contribution in [1.29, 1.82) is 0 Å². The van der Waals surface area contributed by atoms with E-state index in [4.69, 9.17) is 4.74 Å². The van der Waals surface area contributed by atoms with Gasteiger partial charge in [0.1, 0.15) is 11.6 Å². The van der Waals surface area contributed by atoms with Crippen molar-refractivity contribution < 1.29 is 13.9 Å². The highest BCUT2D eigenvalue weighted by Gasteiger charge is 2.26. The Morgan fingerprint density at radius 3 is 2.33 bits per heavy atom. The Balaban J connectivity index is 1.31. The average Bonchev–Trinajstić information content (AvgIpc) is 3.20. The van der Waals surface area contributed by atoms with E-state index < -0.39 is 0 Å². The van der Waals surface area contributed by atoms with Gasteiger partial charge in [0.05, 0.1) is 23.8 Å². The number of rotatable bonds is 7. The summed E-state index contributed by atoms with van der Waals surface area (Å²) in [6.07, 6.45) is 1.52. The van der Waals surface area contributed by atoms with Gasteiger partial charge in [-0.3, -0.25) is 13.9 Å². The molecule has 1 aliphatic rings. The number of hydrogen-bond donors (Lipinski definition) is 0. The zero-order chi connectivity index (χ0) is 25.2. The second kappa shape index (κ2) is 10.1. The van der Waals surface area contributed by atoms with E-state index in [1.165, 1.54) is 12.1 Å². The molecule has 0 unspecified atom stereocenters. The molecule has 4 aromatic rings. The lowest BCUT2D eigenvalue weighted by Gasteiger charge is -2.31.